The molecule has 0 aromatic heterocycles. The van der Waals surface area contributed by atoms with Gasteiger partial charge in [0.25, 0.3) is 17.5 Å². The third kappa shape index (κ3) is 3.97. The fourth-order valence-corrected chi connectivity index (χ4v) is 8.92. The van der Waals surface area contributed by atoms with Gasteiger partial charge in [-0.1, -0.05) is 43.5 Å². The maximum Gasteiger partial charge on any atom is 0.269 e. The Morgan fingerprint density at radius 1 is 1.09 bits per heavy atom. The molecule has 6 atom stereocenters. The van der Waals surface area contributed by atoms with Gasteiger partial charge in [0.05, 0.1) is 35.0 Å². The van der Waals surface area contributed by atoms with Crippen LogP contribution >= 0.6 is 55.1 Å². The summed E-state index contributed by atoms with van der Waals surface area (Å²) in [6.45, 7) is 0. The number of hydrogen-bond donors (Lipinski definition) is 1. The first-order chi connectivity index (χ1) is 20.3. The summed E-state index contributed by atoms with van der Waals surface area (Å²) in [7, 11) is 1.36. The van der Waals surface area contributed by atoms with E-state index in [9.17, 15) is 34.4 Å². The van der Waals surface area contributed by atoms with Crippen molar-refractivity contribution in [3.63, 3.8) is 0 Å². The van der Waals surface area contributed by atoms with Crippen LogP contribution in [0.25, 0.3) is 0 Å². The Morgan fingerprint density at radius 2 is 1.77 bits per heavy atom. The zero-order chi connectivity index (χ0) is 31.2. The lowest BCUT2D eigenvalue weighted by atomic mass is 9.56. The van der Waals surface area contributed by atoms with Gasteiger partial charge in [-0.3, -0.25) is 39.1 Å². The number of rotatable bonds is 5. The maximum absolute atomic E-state index is 14.1. The number of nitro benzene ring substituents is 1. The number of nitrogens with zero attached hydrogens (tertiary/aromatic N) is 3. The summed E-state index contributed by atoms with van der Waals surface area (Å²) in [4.78, 5) is 63.7. The number of halogens is 4. The first-order valence-corrected chi connectivity index (χ1v) is 15.7. The highest BCUT2D eigenvalue weighted by atomic mass is 79.9. The number of fused-ring (bicyclic) bond motifs is 4. The van der Waals surface area contributed by atoms with Crippen molar-refractivity contribution in [2.75, 3.05) is 17.5 Å². The summed E-state index contributed by atoms with van der Waals surface area (Å²) in [5.41, 5.74) is 0.430. The molecule has 2 aliphatic heterocycles. The Kier molecular flexibility index (Phi) is 7.19. The van der Waals surface area contributed by atoms with E-state index in [2.05, 4.69) is 31.9 Å². The van der Waals surface area contributed by atoms with Crippen molar-refractivity contribution in [3.05, 3.63) is 68.2 Å². The molecule has 4 aliphatic rings. The van der Waals surface area contributed by atoms with E-state index >= 15 is 0 Å². The number of carbonyl (C=O) groups excluding carboxylic acids is 4. The molecule has 11 nitrogen and oxygen atoms in total. The molecule has 3 fully saturated rings. The van der Waals surface area contributed by atoms with E-state index in [1.165, 1.54) is 37.4 Å². The van der Waals surface area contributed by atoms with Crippen LogP contribution in [0.2, 0.25) is 0 Å². The number of aromatic hydroxyl groups is 1. The molecule has 6 rings (SSSR count). The number of anilines is 1. The Morgan fingerprint density at radius 3 is 2.37 bits per heavy atom. The molecule has 15 heteroatoms. The number of phenols is 1. The largest absolute Gasteiger partial charge is 0.504 e. The number of allylic oxidation sites excluding steroid dienone is 2. The summed E-state index contributed by atoms with van der Waals surface area (Å²) < 4.78 is 5.83. The third-order valence-corrected chi connectivity index (χ3v) is 11.3. The fraction of sp³-hybridized carbons (Fsp3) is 0.357. The van der Waals surface area contributed by atoms with Crippen LogP contribution in [0.1, 0.15) is 24.3 Å². The Labute approximate surface area is 271 Å². The van der Waals surface area contributed by atoms with Gasteiger partial charge in [0.15, 0.2) is 21.2 Å². The van der Waals surface area contributed by atoms with Crippen LogP contribution in [0.3, 0.4) is 0 Å². The van der Waals surface area contributed by atoms with Gasteiger partial charge < -0.3 is 9.84 Å². The average Bonchev–Trinajstić information content (AvgIpc) is 3.31. The molecule has 2 heterocycles. The molecule has 6 unspecified atom stereocenters. The van der Waals surface area contributed by atoms with Gasteiger partial charge in [-0.15, -0.1) is 23.2 Å². The zero-order valence-corrected chi connectivity index (χ0v) is 26.8. The monoisotopic (exact) mass is 755 g/mol. The second-order valence-corrected chi connectivity index (χ2v) is 13.5. The van der Waals surface area contributed by atoms with Gasteiger partial charge >= 0.3 is 0 Å². The van der Waals surface area contributed by atoms with Gasteiger partial charge in [-0.05, 0) is 43.0 Å². The van der Waals surface area contributed by atoms with Crippen molar-refractivity contribution in [1.29, 1.82) is 0 Å². The number of alkyl halides is 3. The number of nitro groups is 1. The fourth-order valence-electron chi connectivity index (χ4n) is 7.05. The lowest BCUT2D eigenvalue weighted by Gasteiger charge is -2.50. The summed E-state index contributed by atoms with van der Waals surface area (Å²) >= 11 is 21.0. The molecule has 2 aromatic carbocycles. The molecule has 0 spiro atoms. The molecule has 224 valence electrons. The number of benzene rings is 2. The molecule has 2 aromatic rings. The van der Waals surface area contributed by atoms with Gasteiger partial charge in [0.1, 0.15) is 0 Å². The summed E-state index contributed by atoms with van der Waals surface area (Å²) in [6.07, 6.45) is 1.62. The predicted molar refractivity (Wildman–Crippen MR) is 161 cm³/mol. The number of likely N-dealkylation sites (tertiary alicyclic amines) is 1. The zero-order valence-electron chi connectivity index (χ0n) is 22.1. The number of methoxy groups -OCH3 is 1. The van der Waals surface area contributed by atoms with Crippen molar-refractivity contribution in [2.24, 2.45) is 17.8 Å². The van der Waals surface area contributed by atoms with Crippen molar-refractivity contribution < 1.29 is 33.9 Å². The minimum atomic E-state index is -2.10. The van der Waals surface area contributed by atoms with E-state index in [-0.39, 0.29) is 46.7 Å². The second-order valence-electron chi connectivity index (χ2n) is 10.8. The number of imide groups is 2. The Hall–Kier alpha value is -3.00. The highest BCUT2D eigenvalue weighted by Gasteiger charge is 2.76. The van der Waals surface area contributed by atoms with Crippen molar-refractivity contribution in [2.45, 2.75) is 28.5 Å². The maximum atomic E-state index is 14.1. The van der Waals surface area contributed by atoms with E-state index in [0.717, 1.165) is 9.80 Å². The Balaban J connectivity index is 1.52. The van der Waals surface area contributed by atoms with Crippen LogP contribution in [-0.2, 0) is 19.2 Å². The molecule has 0 radical (unpaired) electrons. The number of ether oxygens (including phenoxy) is 1. The summed E-state index contributed by atoms with van der Waals surface area (Å²) in [5, 5.41) is 22.5. The van der Waals surface area contributed by atoms with Gasteiger partial charge in [0, 0.05) is 28.1 Å². The van der Waals surface area contributed by atoms with E-state index in [4.69, 9.17) is 27.9 Å². The van der Waals surface area contributed by atoms with E-state index in [0.29, 0.717) is 10.0 Å². The minimum absolute atomic E-state index is 0.0758. The molecule has 0 bridgehead atoms. The molecular weight excluding hydrogens is 737 g/mol. The summed E-state index contributed by atoms with van der Waals surface area (Å²) in [5.74, 6) is -6.62. The number of carbonyl (C=O) groups is 4. The highest BCUT2D eigenvalue weighted by molar-refractivity contribution is 9.10. The first-order valence-electron chi connectivity index (χ1n) is 13.0. The lowest BCUT2D eigenvalue weighted by Crippen LogP contribution is -2.60. The average molecular weight is 758 g/mol. The smallest absolute Gasteiger partial charge is 0.269 e. The van der Waals surface area contributed by atoms with Crippen molar-refractivity contribution in [1.82, 2.24) is 4.90 Å². The molecule has 1 saturated carbocycles. The quantitative estimate of drug-likeness (QED) is 0.112. The molecule has 43 heavy (non-hydrogen) atoms. The number of amides is 4. The number of hydrogen-bond acceptors (Lipinski definition) is 8. The highest BCUT2D eigenvalue weighted by Crippen LogP contribution is 2.66. The standard InChI is InChI=1S/C28H21Br2Cl2N3O8/c1-43-19-9-12(30)8-17(22(19)36)21-15-6-7-16-20(18(15)10-27(31)25(39)33(11-29)26(40)28(21,27)32)24(38)34(23(16)37)13-2-4-14(5-3-13)35(41)42/h2-6,8-9,16,18,20-21,36H,7,10-11H2,1H3. The molecular formula is C28H21Br2Cl2N3O8. The lowest BCUT2D eigenvalue weighted by molar-refractivity contribution is -0.384. The van der Waals surface area contributed by atoms with Crippen LogP contribution in [0, 0.1) is 27.9 Å². The van der Waals surface area contributed by atoms with Crippen LogP contribution in [-0.4, -0.2) is 60.9 Å². The summed E-state index contributed by atoms with van der Waals surface area (Å²) in [6, 6.07) is 8.14. The predicted octanol–water partition coefficient (Wildman–Crippen LogP) is 4.99. The molecule has 2 saturated heterocycles. The molecule has 1 N–H and O–H groups in total. The van der Waals surface area contributed by atoms with Crippen molar-refractivity contribution >= 4 is 90.1 Å². The van der Waals surface area contributed by atoms with E-state index in [1.807, 2.05) is 0 Å². The third-order valence-electron chi connectivity index (χ3n) is 8.93. The number of phenolic OH excluding ortho intramolecular Hbond substituents is 1. The van der Waals surface area contributed by atoms with Crippen LogP contribution < -0.4 is 9.64 Å². The van der Waals surface area contributed by atoms with Crippen LogP contribution in [0.5, 0.6) is 11.5 Å². The topological polar surface area (TPSA) is 147 Å². The first kappa shape index (κ1) is 30.0. The van der Waals surface area contributed by atoms with Gasteiger partial charge in [-0.2, -0.15) is 0 Å². The number of non-ortho nitro benzene ring substituents is 1. The molecule has 4 amide bonds. The van der Waals surface area contributed by atoms with Crippen LogP contribution in [0.15, 0.2) is 52.5 Å². The second kappa shape index (κ2) is 10.3. The van der Waals surface area contributed by atoms with Gasteiger partial charge in [0.2, 0.25) is 11.8 Å². The normalized spacial score (nSPS) is 31.5. The van der Waals surface area contributed by atoms with Gasteiger partial charge in [-0.25, -0.2) is 0 Å². The van der Waals surface area contributed by atoms with Crippen LogP contribution in [0.4, 0.5) is 11.4 Å². The van der Waals surface area contributed by atoms with Crippen molar-refractivity contribution in [3.8, 4) is 11.5 Å². The minimum Gasteiger partial charge on any atom is -0.504 e. The Bertz CT molecular complexity index is 1670. The van der Waals surface area contributed by atoms with E-state index in [1.54, 1.807) is 12.1 Å². The molecule has 2 aliphatic carbocycles. The SMILES string of the molecule is COc1cc(Br)cc(C2C3=CCC4C(=O)N(c5ccc([N+](=O)[O-])cc5)C(=O)C4C3CC3(Cl)C(=O)N(CBr)C(=O)C23Cl)c1O. The van der Waals surface area contributed by atoms with E-state index < -0.39 is 62.0 Å².